The largest absolute Gasteiger partial charge is 0.479 e. The fraction of sp³-hybridized carbons (Fsp3) is 0.176. The van der Waals surface area contributed by atoms with Gasteiger partial charge in [-0.1, -0.05) is 35.6 Å². The van der Waals surface area contributed by atoms with Crippen molar-refractivity contribution in [1.82, 2.24) is 4.72 Å². The molecule has 0 aromatic heterocycles. The summed E-state index contributed by atoms with van der Waals surface area (Å²) in [6.07, 6.45) is -4.52. The normalized spacial score (nSPS) is 11.5. The molecule has 2 rings (SSSR count). The molecule has 0 aliphatic rings. The van der Waals surface area contributed by atoms with Crippen molar-refractivity contribution in [1.29, 1.82) is 0 Å². The predicted octanol–water partition coefficient (Wildman–Crippen LogP) is 3.72. The molecule has 0 radical (unpaired) electrons. The van der Waals surface area contributed by atoms with Crippen molar-refractivity contribution in [3.63, 3.8) is 0 Å². The first-order chi connectivity index (χ1) is 12.2. The maximum atomic E-state index is 12.5. The Morgan fingerprint density at radius 2 is 1.69 bits per heavy atom. The second-order valence-electron chi connectivity index (χ2n) is 4.92. The van der Waals surface area contributed by atoms with Crippen LogP contribution in [0.5, 0.6) is 5.75 Å². The molecule has 1 N–H and O–H groups in total. The molecule has 0 saturated carbocycles. The van der Waals surface area contributed by atoms with Crippen molar-refractivity contribution in [2.24, 2.45) is 0 Å². The second kappa shape index (κ2) is 8.45. The third kappa shape index (κ3) is 5.66. The molecular weight excluding hydrogens is 391 g/mol. The van der Waals surface area contributed by atoms with Gasteiger partial charge in [-0.15, -0.1) is 0 Å². The van der Waals surface area contributed by atoms with Gasteiger partial charge in [0.25, 0.3) is 0 Å². The Hall–Kier alpha value is -2.21. The Kier molecular flexibility index (Phi) is 6.53. The van der Waals surface area contributed by atoms with E-state index < -0.39 is 21.8 Å². The molecule has 9 heteroatoms. The van der Waals surface area contributed by atoms with Crippen molar-refractivity contribution in [3.05, 3.63) is 59.1 Å². The highest BCUT2D eigenvalue weighted by atomic mass is 35.5. The monoisotopic (exact) mass is 403 g/mol. The van der Waals surface area contributed by atoms with Gasteiger partial charge in [0.05, 0.1) is 22.0 Å². The number of halogens is 4. The van der Waals surface area contributed by atoms with Crippen LogP contribution in [0.4, 0.5) is 13.2 Å². The van der Waals surface area contributed by atoms with Crippen molar-refractivity contribution >= 4 is 21.6 Å². The fourth-order valence-corrected chi connectivity index (χ4v) is 2.94. The van der Waals surface area contributed by atoms with Gasteiger partial charge in [-0.2, -0.15) is 17.9 Å². The fourth-order valence-electron chi connectivity index (χ4n) is 1.83. The van der Waals surface area contributed by atoms with Gasteiger partial charge in [-0.05, 0) is 36.4 Å². The van der Waals surface area contributed by atoms with E-state index in [1.807, 2.05) is 0 Å². The highest BCUT2D eigenvalue weighted by Crippen LogP contribution is 2.29. The number of benzene rings is 2. The number of alkyl halides is 3. The van der Waals surface area contributed by atoms with Crippen LogP contribution in [0.15, 0.2) is 53.4 Å². The first kappa shape index (κ1) is 20.1. The first-order valence-corrected chi connectivity index (χ1v) is 9.06. The second-order valence-corrected chi connectivity index (χ2v) is 7.09. The van der Waals surface area contributed by atoms with Crippen molar-refractivity contribution in [3.8, 4) is 17.6 Å². The molecule has 4 nitrogen and oxygen atoms in total. The quantitative estimate of drug-likeness (QED) is 0.774. The highest BCUT2D eigenvalue weighted by molar-refractivity contribution is 7.89. The van der Waals surface area contributed by atoms with Gasteiger partial charge in [0, 0.05) is 0 Å². The summed E-state index contributed by atoms with van der Waals surface area (Å²) in [5, 5.41) is 0.428. The summed E-state index contributed by atoms with van der Waals surface area (Å²) in [5.74, 6) is 5.61. The number of nitrogens with one attached hydrogen (secondary N) is 1. The molecule has 0 amide bonds. The van der Waals surface area contributed by atoms with Gasteiger partial charge in [-0.25, -0.2) is 8.42 Å². The van der Waals surface area contributed by atoms with Crippen LogP contribution in [0.3, 0.4) is 0 Å². The molecule has 138 valence electrons. The summed E-state index contributed by atoms with van der Waals surface area (Å²) in [7, 11) is -3.95. The number of sulfonamides is 1. The third-order valence-electron chi connectivity index (χ3n) is 3.10. The van der Waals surface area contributed by atoms with Gasteiger partial charge in [-0.3, -0.25) is 0 Å². The van der Waals surface area contributed by atoms with Gasteiger partial charge < -0.3 is 4.74 Å². The number of para-hydroxylation sites is 1. The standard InChI is InChI=1S/C17H13ClF3NO3S/c18-15-5-1-2-6-16(15)25-12-4-3-11-22-26(23,24)14-9-7-13(8-10-14)17(19,20)21/h1-2,5-10,22H,11-12H2. The van der Waals surface area contributed by atoms with Crippen LogP contribution < -0.4 is 9.46 Å². The summed E-state index contributed by atoms with van der Waals surface area (Å²) in [6.45, 7) is -0.207. The number of hydrogen-bond acceptors (Lipinski definition) is 3. The molecule has 2 aromatic rings. The first-order valence-electron chi connectivity index (χ1n) is 7.20. The molecule has 0 spiro atoms. The minimum Gasteiger partial charge on any atom is -0.479 e. The molecule has 0 atom stereocenters. The Balaban J connectivity index is 1.88. The zero-order valence-corrected chi connectivity index (χ0v) is 14.8. The smallest absolute Gasteiger partial charge is 0.416 e. The molecule has 0 fully saturated rings. The van der Waals surface area contributed by atoms with E-state index in [9.17, 15) is 21.6 Å². The van der Waals surface area contributed by atoms with Crippen LogP contribution in [0.2, 0.25) is 5.02 Å². The van der Waals surface area contributed by atoms with Crippen molar-refractivity contribution < 1.29 is 26.3 Å². The number of hydrogen-bond donors (Lipinski definition) is 1. The van der Waals surface area contributed by atoms with Crippen LogP contribution in [0.1, 0.15) is 5.56 Å². The minimum absolute atomic E-state index is 0.00570. The van der Waals surface area contributed by atoms with Crippen molar-refractivity contribution in [2.45, 2.75) is 11.1 Å². The Bertz CT molecular complexity index is 917. The molecule has 0 aliphatic carbocycles. The topological polar surface area (TPSA) is 55.4 Å². The SMILES string of the molecule is O=S(=O)(NCC#CCOc1ccccc1Cl)c1ccc(C(F)(F)F)cc1. The highest BCUT2D eigenvalue weighted by Gasteiger charge is 2.30. The predicted molar refractivity (Wildman–Crippen MR) is 91.4 cm³/mol. The Labute approximate surface area is 154 Å². The average molecular weight is 404 g/mol. The maximum Gasteiger partial charge on any atom is 0.416 e. The molecule has 0 heterocycles. The Morgan fingerprint density at radius 1 is 1.04 bits per heavy atom. The van der Waals surface area contributed by atoms with Crippen LogP contribution in [0.25, 0.3) is 0 Å². The zero-order chi connectivity index (χ0) is 19.2. The zero-order valence-electron chi connectivity index (χ0n) is 13.2. The lowest BCUT2D eigenvalue weighted by Gasteiger charge is -2.08. The maximum absolute atomic E-state index is 12.5. The molecule has 26 heavy (non-hydrogen) atoms. The van der Waals surface area contributed by atoms with Gasteiger partial charge in [0.1, 0.15) is 12.4 Å². The van der Waals surface area contributed by atoms with E-state index in [1.165, 1.54) is 0 Å². The summed E-state index contributed by atoms with van der Waals surface area (Å²) >= 11 is 5.90. The van der Waals surface area contributed by atoms with Crippen molar-refractivity contribution in [2.75, 3.05) is 13.2 Å². The molecule has 0 bridgehead atoms. The summed E-state index contributed by atoms with van der Waals surface area (Å²) < 4.78 is 68.9. The van der Waals surface area contributed by atoms with E-state index >= 15 is 0 Å². The van der Waals surface area contributed by atoms with E-state index in [-0.39, 0.29) is 18.0 Å². The molecule has 0 saturated heterocycles. The lowest BCUT2D eigenvalue weighted by molar-refractivity contribution is -0.137. The van der Waals surface area contributed by atoms with E-state index in [1.54, 1.807) is 24.3 Å². The van der Waals surface area contributed by atoms with E-state index in [4.69, 9.17) is 16.3 Å². The lowest BCUT2D eigenvalue weighted by atomic mass is 10.2. The Morgan fingerprint density at radius 3 is 2.31 bits per heavy atom. The molecule has 0 unspecified atom stereocenters. The average Bonchev–Trinajstić information content (AvgIpc) is 2.59. The minimum atomic E-state index is -4.52. The van der Waals surface area contributed by atoms with Crippen LogP contribution in [-0.4, -0.2) is 21.6 Å². The molecule has 0 aliphatic heterocycles. The van der Waals surface area contributed by atoms with E-state index in [0.717, 1.165) is 12.1 Å². The van der Waals surface area contributed by atoms with Gasteiger partial charge >= 0.3 is 6.18 Å². The van der Waals surface area contributed by atoms with Gasteiger partial charge in [0.2, 0.25) is 10.0 Å². The summed E-state index contributed by atoms with van der Waals surface area (Å²) in [4.78, 5) is -0.278. The number of ether oxygens (including phenoxy) is 1. The van der Waals surface area contributed by atoms with E-state index in [0.29, 0.717) is 22.9 Å². The van der Waals surface area contributed by atoms with Crippen LogP contribution >= 0.6 is 11.6 Å². The molecular formula is C17H13ClF3NO3S. The van der Waals surface area contributed by atoms with E-state index in [2.05, 4.69) is 16.6 Å². The lowest BCUT2D eigenvalue weighted by Crippen LogP contribution is -2.24. The van der Waals surface area contributed by atoms with Crippen LogP contribution in [0, 0.1) is 11.8 Å². The molecule has 2 aromatic carbocycles. The third-order valence-corrected chi connectivity index (χ3v) is 4.83. The van der Waals surface area contributed by atoms with Crippen LogP contribution in [-0.2, 0) is 16.2 Å². The van der Waals surface area contributed by atoms with Gasteiger partial charge in [0.15, 0.2) is 0 Å². The summed E-state index contributed by atoms with van der Waals surface area (Å²) in [6, 6.07) is 10.00. The summed E-state index contributed by atoms with van der Waals surface area (Å²) in [5.41, 5.74) is -0.923. The number of rotatable bonds is 5.